The molecule has 2 fully saturated rings. The van der Waals surface area contributed by atoms with Gasteiger partial charge in [0.25, 0.3) is 5.91 Å². The van der Waals surface area contributed by atoms with Crippen LogP contribution in [-0.2, 0) is 31.4 Å². The molecule has 2 saturated heterocycles. The third kappa shape index (κ3) is 4.85. The standard InChI is InChI=1S/C30H27F2N3O7S/c1-17-22(42-30(37)41-17)14-40-23-13-38-11-4-9-34-28(23)29(36)33-10-12-39-15-25(33)35(34)27-18-7-8-21(31)26(32)20(18)16-43-24-6-3-2-5-19(24)27/h2-9,25,27H,10-16H2,1H3/b9-4-,28-23+/t25-,27+/m1/s1. The zero-order valence-electron chi connectivity index (χ0n) is 23.1. The Morgan fingerprint density at radius 3 is 2.77 bits per heavy atom. The summed E-state index contributed by atoms with van der Waals surface area (Å²) in [5, 5.41) is 3.70. The van der Waals surface area contributed by atoms with E-state index in [0.717, 1.165) is 16.5 Å². The molecule has 0 radical (unpaired) electrons. The van der Waals surface area contributed by atoms with Crippen LogP contribution in [0.4, 0.5) is 8.78 Å². The summed E-state index contributed by atoms with van der Waals surface area (Å²) in [5.41, 5.74) is 1.91. The Hall–Kier alpha value is -3.91. The van der Waals surface area contributed by atoms with Crippen LogP contribution in [0.3, 0.4) is 0 Å². The SMILES string of the molecule is Cc1oc(=O)oc1CO/C1=C2\C(=O)N3CCOC[C@H]3N([C@@H]3c4ccccc4SCc4c3ccc(F)c4F)N2/C=C\COC1. The number of fused-ring (bicyclic) bond motifs is 4. The van der Waals surface area contributed by atoms with Gasteiger partial charge in [-0.1, -0.05) is 24.3 Å². The van der Waals surface area contributed by atoms with Crippen molar-refractivity contribution in [1.82, 2.24) is 14.9 Å². The second-order valence-electron chi connectivity index (χ2n) is 10.3. The lowest BCUT2D eigenvalue weighted by atomic mass is 9.93. The first-order chi connectivity index (χ1) is 20.9. The number of hydrogen-bond donors (Lipinski definition) is 0. The van der Waals surface area contributed by atoms with Crippen molar-refractivity contribution in [2.75, 3.05) is 33.0 Å². The summed E-state index contributed by atoms with van der Waals surface area (Å²) in [6.07, 6.45) is 2.93. The van der Waals surface area contributed by atoms with E-state index in [1.54, 1.807) is 35.2 Å². The van der Waals surface area contributed by atoms with Crippen molar-refractivity contribution in [3.63, 3.8) is 0 Å². The van der Waals surface area contributed by atoms with Crippen molar-refractivity contribution in [2.24, 2.45) is 0 Å². The number of hydrazine groups is 1. The van der Waals surface area contributed by atoms with Crippen LogP contribution in [0.1, 0.15) is 34.3 Å². The van der Waals surface area contributed by atoms with E-state index in [1.807, 2.05) is 29.3 Å². The Kier molecular flexibility index (Phi) is 7.33. The molecule has 7 rings (SSSR count). The topological polar surface area (TPSA) is 97.8 Å². The van der Waals surface area contributed by atoms with E-state index >= 15 is 4.39 Å². The molecule has 4 aliphatic heterocycles. The van der Waals surface area contributed by atoms with Gasteiger partial charge in [0.15, 0.2) is 34.6 Å². The number of ether oxygens (including phenoxy) is 3. The van der Waals surface area contributed by atoms with Crippen molar-refractivity contribution < 1.29 is 36.6 Å². The van der Waals surface area contributed by atoms with Gasteiger partial charge in [-0.2, -0.15) is 5.01 Å². The quantitative estimate of drug-likeness (QED) is 0.427. The lowest BCUT2D eigenvalue weighted by Crippen LogP contribution is -2.67. The van der Waals surface area contributed by atoms with Crippen LogP contribution >= 0.6 is 11.8 Å². The largest absolute Gasteiger partial charge is 0.519 e. The third-order valence-corrected chi connectivity index (χ3v) is 9.01. The van der Waals surface area contributed by atoms with E-state index < -0.39 is 29.7 Å². The minimum atomic E-state index is -0.915. The molecule has 0 saturated carbocycles. The molecule has 3 aromatic rings. The van der Waals surface area contributed by atoms with E-state index in [9.17, 15) is 14.0 Å². The number of aryl methyl sites for hydroxylation is 1. The molecule has 43 heavy (non-hydrogen) atoms. The first kappa shape index (κ1) is 27.9. The maximum atomic E-state index is 15.4. The van der Waals surface area contributed by atoms with Crippen molar-refractivity contribution in [3.05, 3.63) is 111 Å². The van der Waals surface area contributed by atoms with Gasteiger partial charge < -0.3 is 27.9 Å². The lowest BCUT2D eigenvalue weighted by molar-refractivity contribution is -0.190. The maximum Gasteiger partial charge on any atom is 0.519 e. The smallest absolute Gasteiger partial charge is 0.485 e. The molecule has 0 spiro atoms. The molecule has 13 heteroatoms. The van der Waals surface area contributed by atoms with Crippen LogP contribution in [0.25, 0.3) is 0 Å². The summed E-state index contributed by atoms with van der Waals surface area (Å²) in [5.74, 6) is -2.05. The number of amides is 1. The minimum absolute atomic E-state index is 0.0422. The van der Waals surface area contributed by atoms with E-state index in [4.69, 9.17) is 23.0 Å². The Morgan fingerprint density at radius 2 is 1.93 bits per heavy atom. The molecule has 5 heterocycles. The number of nitrogens with zero attached hydrogens (tertiary/aromatic N) is 3. The van der Waals surface area contributed by atoms with Crippen LogP contribution in [0.5, 0.6) is 0 Å². The van der Waals surface area contributed by atoms with Gasteiger partial charge in [0.1, 0.15) is 19.4 Å². The van der Waals surface area contributed by atoms with Crippen LogP contribution in [-0.4, -0.2) is 60.0 Å². The number of rotatable bonds is 4. The average molecular weight is 612 g/mol. The van der Waals surface area contributed by atoms with Gasteiger partial charge in [0, 0.05) is 29.0 Å². The van der Waals surface area contributed by atoms with Crippen LogP contribution in [0.15, 0.2) is 78.7 Å². The Bertz CT molecular complexity index is 1700. The van der Waals surface area contributed by atoms with Gasteiger partial charge in [0.05, 0.1) is 25.9 Å². The average Bonchev–Trinajstić information content (AvgIpc) is 3.22. The highest BCUT2D eigenvalue weighted by Crippen LogP contribution is 2.47. The number of carbonyl (C=O) groups is 1. The summed E-state index contributed by atoms with van der Waals surface area (Å²) in [6, 6.07) is 9.88. The summed E-state index contributed by atoms with van der Waals surface area (Å²) >= 11 is 1.44. The van der Waals surface area contributed by atoms with Gasteiger partial charge in [-0.05, 0) is 36.3 Å². The lowest BCUT2D eigenvalue weighted by Gasteiger charge is -2.54. The molecular weight excluding hydrogens is 584 g/mol. The van der Waals surface area contributed by atoms with Gasteiger partial charge in [0.2, 0.25) is 0 Å². The first-order valence-electron chi connectivity index (χ1n) is 13.8. The minimum Gasteiger partial charge on any atom is -0.485 e. The Balaban J connectivity index is 1.42. The van der Waals surface area contributed by atoms with Gasteiger partial charge in [-0.25, -0.2) is 13.6 Å². The first-order valence-corrected chi connectivity index (χ1v) is 14.8. The van der Waals surface area contributed by atoms with Crippen LogP contribution in [0, 0.1) is 18.6 Å². The van der Waals surface area contributed by atoms with E-state index in [-0.39, 0.29) is 66.6 Å². The van der Waals surface area contributed by atoms with Crippen molar-refractivity contribution >= 4 is 17.7 Å². The maximum absolute atomic E-state index is 15.4. The van der Waals surface area contributed by atoms with Crippen molar-refractivity contribution in [2.45, 2.75) is 36.4 Å². The molecule has 2 atom stereocenters. The highest BCUT2D eigenvalue weighted by atomic mass is 32.2. The molecule has 1 aromatic heterocycles. The molecule has 4 aliphatic rings. The van der Waals surface area contributed by atoms with E-state index in [0.29, 0.717) is 18.7 Å². The zero-order chi connectivity index (χ0) is 29.7. The Labute approximate surface area is 249 Å². The highest BCUT2D eigenvalue weighted by molar-refractivity contribution is 7.98. The van der Waals surface area contributed by atoms with E-state index in [1.165, 1.54) is 11.8 Å². The normalized spacial score (nSPS) is 24.7. The summed E-state index contributed by atoms with van der Waals surface area (Å²) in [4.78, 5) is 28.4. The molecular formula is C30H27F2N3O7S. The summed E-state index contributed by atoms with van der Waals surface area (Å²) in [7, 11) is 0. The van der Waals surface area contributed by atoms with E-state index in [2.05, 4.69) is 0 Å². The molecule has 0 unspecified atom stereocenters. The fraction of sp³-hybridized carbons (Fsp3) is 0.333. The fourth-order valence-electron chi connectivity index (χ4n) is 5.89. The molecule has 0 bridgehead atoms. The molecule has 1 amide bonds. The summed E-state index contributed by atoms with van der Waals surface area (Å²) in [6.45, 7) is 2.42. The predicted octanol–water partition coefficient (Wildman–Crippen LogP) is 4.20. The predicted molar refractivity (Wildman–Crippen MR) is 148 cm³/mol. The number of benzene rings is 2. The number of carbonyl (C=O) groups excluding carboxylic acids is 1. The van der Waals surface area contributed by atoms with Gasteiger partial charge >= 0.3 is 5.82 Å². The second kappa shape index (κ2) is 11.3. The fourth-order valence-corrected chi connectivity index (χ4v) is 7.00. The Morgan fingerprint density at radius 1 is 1.07 bits per heavy atom. The number of hydrogen-bond acceptors (Lipinski definition) is 10. The van der Waals surface area contributed by atoms with Crippen molar-refractivity contribution in [1.29, 1.82) is 0 Å². The number of morpholine rings is 1. The number of thioether (sulfide) groups is 1. The monoisotopic (exact) mass is 611 g/mol. The molecule has 224 valence electrons. The molecule has 0 aliphatic carbocycles. The summed E-state index contributed by atoms with van der Waals surface area (Å²) < 4.78 is 57.8. The van der Waals surface area contributed by atoms with Crippen LogP contribution in [0.2, 0.25) is 0 Å². The highest BCUT2D eigenvalue weighted by Gasteiger charge is 2.49. The van der Waals surface area contributed by atoms with Crippen molar-refractivity contribution in [3.8, 4) is 0 Å². The number of halogens is 2. The third-order valence-electron chi connectivity index (χ3n) is 7.90. The molecule has 2 aromatic carbocycles. The molecule has 10 nitrogen and oxygen atoms in total. The van der Waals surface area contributed by atoms with Crippen LogP contribution < -0.4 is 5.82 Å². The second-order valence-corrected chi connectivity index (χ2v) is 11.3. The zero-order valence-corrected chi connectivity index (χ0v) is 23.9. The van der Waals surface area contributed by atoms with Gasteiger partial charge in [-0.3, -0.25) is 9.80 Å². The molecule has 0 N–H and O–H groups in total. The van der Waals surface area contributed by atoms with Gasteiger partial charge in [-0.15, -0.1) is 11.8 Å².